The Labute approximate surface area is 189 Å². The first kappa shape index (κ1) is 22.2. The van der Waals surface area contributed by atoms with Crippen LogP contribution in [0.2, 0.25) is 0 Å². The highest BCUT2D eigenvalue weighted by atomic mass is 19.1. The molecule has 4 rings (SSSR count). The van der Waals surface area contributed by atoms with Crippen molar-refractivity contribution in [2.75, 3.05) is 39.4 Å². The summed E-state index contributed by atoms with van der Waals surface area (Å²) in [6, 6.07) is 21.1. The maximum Gasteiger partial charge on any atom is 0.128 e. The standard InChI is InChI=1S/C26H29FN4O/c27-26-9-2-1-7-24(26)20-31-10-4-8-25(31)21-30(12-11-29-13-15-32-16-14-29)19-23-6-3-5-22(17-23)18-28/h1-10,17H,11-16,19-21H2. The summed E-state index contributed by atoms with van der Waals surface area (Å²) in [4.78, 5) is 4.83. The van der Waals surface area contributed by atoms with E-state index in [4.69, 9.17) is 4.74 Å². The zero-order valence-electron chi connectivity index (χ0n) is 18.3. The van der Waals surface area contributed by atoms with E-state index >= 15 is 0 Å². The number of halogens is 1. The second-order valence-corrected chi connectivity index (χ2v) is 8.20. The van der Waals surface area contributed by atoms with Crippen molar-refractivity contribution in [3.8, 4) is 6.07 Å². The Morgan fingerprint density at radius 1 is 1.00 bits per heavy atom. The van der Waals surface area contributed by atoms with Crippen LogP contribution >= 0.6 is 0 Å². The molecular weight excluding hydrogens is 403 g/mol. The highest BCUT2D eigenvalue weighted by molar-refractivity contribution is 5.32. The molecule has 0 bridgehead atoms. The maximum atomic E-state index is 14.2. The van der Waals surface area contributed by atoms with E-state index in [-0.39, 0.29) is 5.82 Å². The lowest BCUT2D eigenvalue weighted by Crippen LogP contribution is -2.41. The predicted octanol–water partition coefficient (Wildman–Crippen LogP) is 3.88. The van der Waals surface area contributed by atoms with Gasteiger partial charge in [-0.15, -0.1) is 0 Å². The molecule has 166 valence electrons. The summed E-state index contributed by atoms with van der Waals surface area (Å²) in [5.74, 6) is -0.176. The number of ether oxygens (including phenoxy) is 1. The number of morpholine rings is 1. The van der Waals surface area contributed by atoms with Gasteiger partial charge < -0.3 is 9.30 Å². The molecule has 0 amide bonds. The second kappa shape index (κ2) is 11.1. The third kappa shape index (κ3) is 6.04. The molecule has 1 aliphatic rings. The third-order valence-electron chi connectivity index (χ3n) is 5.91. The van der Waals surface area contributed by atoms with Crippen LogP contribution in [-0.2, 0) is 24.4 Å². The molecule has 0 saturated carbocycles. The number of nitrogens with zero attached hydrogens (tertiary/aromatic N) is 4. The minimum absolute atomic E-state index is 0.176. The van der Waals surface area contributed by atoms with Crippen LogP contribution in [0.5, 0.6) is 0 Å². The van der Waals surface area contributed by atoms with Crippen LogP contribution in [-0.4, -0.2) is 53.8 Å². The zero-order valence-corrected chi connectivity index (χ0v) is 18.3. The van der Waals surface area contributed by atoms with Crippen molar-refractivity contribution in [3.63, 3.8) is 0 Å². The fourth-order valence-electron chi connectivity index (χ4n) is 4.11. The van der Waals surface area contributed by atoms with Gasteiger partial charge in [0, 0.05) is 56.7 Å². The van der Waals surface area contributed by atoms with Crippen LogP contribution < -0.4 is 0 Å². The fraction of sp³-hybridized carbons (Fsp3) is 0.346. The fourth-order valence-corrected chi connectivity index (χ4v) is 4.11. The minimum atomic E-state index is -0.176. The molecule has 0 atom stereocenters. The van der Waals surface area contributed by atoms with Gasteiger partial charge in [-0.05, 0) is 35.9 Å². The summed E-state index contributed by atoms with van der Waals surface area (Å²) in [7, 11) is 0. The number of hydrogen-bond donors (Lipinski definition) is 0. The molecule has 0 radical (unpaired) electrons. The number of benzene rings is 2. The summed E-state index contributed by atoms with van der Waals surface area (Å²) in [6.45, 7) is 7.38. The van der Waals surface area contributed by atoms with Crippen LogP contribution in [0.3, 0.4) is 0 Å². The van der Waals surface area contributed by atoms with E-state index in [0.717, 1.165) is 63.7 Å². The number of hydrogen-bond acceptors (Lipinski definition) is 4. The Hall–Kier alpha value is -2.98. The normalized spacial score (nSPS) is 14.5. The Bertz CT molecular complexity index is 1050. The van der Waals surface area contributed by atoms with E-state index in [9.17, 15) is 9.65 Å². The Balaban J connectivity index is 1.48. The lowest BCUT2D eigenvalue weighted by atomic mass is 10.1. The average molecular weight is 433 g/mol. The molecule has 0 N–H and O–H groups in total. The lowest BCUT2D eigenvalue weighted by molar-refractivity contribution is 0.0323. The van der Waals surface area contributed by atoms with Crippen molar-refractivity contribution < 1.29 is 9.13 Å². The van der Waals surface area contributed by atoms with Gasteiger partial charge in [0.1, 0.15) is 5.82 Å². The van der Waals surface area contributed by atoms with Crippen LogP contribution in [0.4, 0.5) is 4.39 Å². The molecule has 2 heterocycles. The molecule has 1 aromatic heterocycles. The van der Waals surface area contributed by atoms with Gasteiger partial charge in [0.25, 0.3) is 0 Å². The first-order chi connectivity index (χ1) is 15.7. The van der Waals surface area contributed by atoms with Crippen molar-refractivity contribution in [2.24, 2.45) is 0 Å². The maximum absolute atomic E-state index is 14.2. The summed E-state index contributed by atoms with van der Waals surface area (Å²) < 4.78 is 21.8. The largest absolute Gasteiger partial charge is 0.379 e. The molecule has 1 saturated heterocycles. The summed E-state index contributed by atoms with van der Waals surface area (Å²) in [6.07, 6.45) is 2.01. The van der Waals surface area contributed by atoms with Gasteiger partial charge >= 0.3 is 0 Å². The second-order valence-electron chi connectivity index (χ2n) is 8.20. The summed E-state index contributed by atoms with van der Waals surface area (Å²) in [5.41, 5.74) is 3.63. The van der Waals surface area contributed by atoms with Crippen LogP contribution in [0.1, 0.15) is 22.4 Å². The SMILES string of the molecule is N#Cc1cccc(CN(CCN2CCOCC2)Cc2cccn2Cc2ccccc2F)c1. The third-order valence-corrected chi connectivity index (χ3v) is 5.91. The molecule has 32 heavy (non-hydrogen) atoms. The number of nitriles is 1. The predicted molar refractivity (Wildman–Crippen MR) is 122 cm³/mol. The molecule has 6 heteroatoms. The van der Waals surface area contributed by atoms with Crippen molar-refractivity contribution in [1.82, 2.24) is 14.4 Å². The van der Waals surface area contributed by atoms with Crippen LogP contribution in [0.15, 0.2) is 66.9 Å². The molecule has 0 unspecified atom stereocenters. The van der Waals surface area contributed by atoms with Gasteiger partial charge in [0.15, 0.2) is 0 Å². The first-order valence-electron chi connectivity index (χ1n) is 11.1. The average Bonchev–Trinajstić information content (AvgIpc) is 3.26. The molecule has 2 aromatic carbocycles. The summed E-state index contributed by atoms with van der Waals surface area (Å²) >= 11 is 0. The molecule has 1 aliphatic heterocycles. The van der Waals surface area contributed by atoms with Crippen molar-refractivity contribution in [3.05, 3.63) is 95.1 Å². The smallest absolute Gasteiger partial charge is 0.128 e. The Kier molecular flexibility index (Phi) is 7.68. The van der Waals surface area contributed by atoms with E-state index in [1.165, 1.54) is 6.07 Å². The van der Waals surface area contributed by atoms with E-state index in [2.05, 4.69) is 32.6 Å². The van der Waals surface area contributed by atoms with E-state index in [1.807, 2.05) is 42.6 Å². The van der Waals surface area contributed by atoms with Crippen LogP contribution in [0.25, 0.3) is 0 Å². The topological polar surface area (TPSA) is 44.4 Å². The zero-order chi connectivity index (χ0) is 22.2. The molecular formula is C26H29FN4O. The van der Waals surface area contributed by atoms with Crippen LogP contribution in [0, 0.1) is 17.1 Å². The Morgan fingerprint density at radius 3 is 2.66 bits per heavy atom. The quantitative estimate of drug-likeness (QED) is 0.515. The van der Waals surface area contributed by atoms with Gasteiger partial charge in [-0.2, -0.15) is 5.26 Å². The molecule has 3 aromatic rings. The lowest BCUT2D eigenvalue weighted by Gasteiger charge is -2.30. The van der Waals surface area contributed by atoms with Crippen molar-refractivity contribution >= 4 is 0 Å². The minimum Gasteiger partial charge on any atom is -0.379 e. The first-order valence-corrected chi connectivity index (χ1v) is 11.1. The summed E-state index contributed by atoms with van der Waals surface area (Å²) in [5, 5.41) is 9.26. The van der Waals surface area contributed by atoms with Gasteiger partial charge in [-0.3, -0.25) is 9.80 Å². The molecule has 0 aliphatic carbocycles. The van der Waals surface area contributed by atoms with Gasteiger partial charge in [-0.1, -0.05) is 30.3 Å². The number of aromatic nitrogens is 1. The molecule has 0 spiro atoms. The van der Waals surface area contributed by atoms with Crippen molar-refractivity contribution in [1.29, 1.82) is 5.26 Å². The highest BCUT2D eigenvalue weighted by Crippen LogP contribution is 2.16. The van der Waals surface area contributed by atoms with Gasteiger partial charge in [0.2, 0.25) is 0 Å². The molecule has 5 nitrogen and oxygen atoms in total. The monoisotopic (exact) mass is 432 g/mol. The number of rotatable bonds is 9. The van der Waals surface area contributed by atoms with E-state index in [0.29, 0.717) is 17.7 Å². The van der Waals surface area contributed by atoms with Gasteiger partial charge in [0.05, 0.1) is 31.4 Å². The Morgan fingerprint density at radius 2 is 1.84 bits per heavy atom. The molecule has 1 fully saturated rings. The van der Waals surface area contributed by atoms with Gasteiger partial charge in [-0.25, -0.2) is 4.39 Å². The highest BCUT2D eigenvalue weighted by Gasteiger charge is 2.15. The van der Waals surface area contributed by atoms with E-state index in [1.54, 1.807) is 6.07 Å². The van der Waals surface area contributed by atoms with Crippen molar-refractivity contribution in [2.45, 2.75) is 19.6 Å². The van der Waals surface area contributed by atoms with E-state index < -0.39 is 0 Å².